The molecule has 2 atom stereocenters. The second-order valence-electron chi connectivity index (χ2n) is 3.57. The van der Waals surface area contributed by atoms with Gasteiger partial charge in [-0.2, -0.15) is 4.39 Å². The summed E-state index contributed by atoms with van der Waals surface area (Å²) in [6.45, 7) is 0.885. The highest BCUT2D eigenvalue weighted by atomic mass is 79.9. The van der Waals surface area contributed by atoms with E-state index in [1.54, 1.807) is 0 Å². The van der Waals surface area contributed by atoms with Gasteiger partial charge in [-0.15, -0.1) is 0 Å². The lowest BCUT2D eigenvalue weighted by Gasteiger charge is -2.30. The molecule has 0 aromatic heterocycles. The number of carboxylic acid groups (broad SMARTS) is 1. The third kappa shape index (κ3) is 3.42. The summed E-state index contributed by atoms with van der Waals surface area (Å²) in [6.07, 6.45) is 0. The molecule has 19 heavy (non-hydrogen) atoms. The van der Waals surface area contributed by atoms with Crippen LogP contribution in [0.15, 0.2) is 24.3 Å². The second-order valence-corrected chi connectivity index (χ2v) is 5.64. The highest BCUT2D eigenvalue weighted by molar-refractivity contribution is 9.10. The van der Waals surface area contributed by atoms with Crippen LogP contribution in [-0.2, 0) is 15.4 Å². The molecule has 0 spiro atoms. The minimum atomic E-state index is -3.29. The minimum Gasteiger partial charge on any atom is -0.478 e. The predicted molar refractivity (Wildman–Crippen MR) is 66.6 cm³/mol. The number of hydrogen-bond donors (Lipinski definition) is 1. The van der Waals surface area contributed by atoms with Gasteiger partial charge in [-0.25, -0.2) is 9.18 Å². The quantitative estimate of drug-likeness (QED) is 0.663. The number of hydrogen-bond acceptors (Lipinski definition) is 3. The first-order chi connectivity index (χ1) is 8.58. The van der Waals surface area contributed by atoms with E-state index in [1.807, 2.05) is 0 Å². The topological polar surface area (TPSA) is 63.6 Å². The number of carboxylic acids is 1. The number of alkyl halides is 4. The molecule has 0 heterocycles. The number of esters is 1. The number of rotatable bonds is 4. The Morgan fingerprint density at radius 3 is 2.11 bits per heavy atom. The van der Waals surface area contributed by atoms with Crippen LogP contribution in [0.2, 0.25) is 0 Å². The van der Waals surface area contributed by atoms with Crippen molar-refractivity contribution in [2.75, 3.05) is 0 Å². The molecule has 0 aliphatic rings. The van der Waals surface area contributed by atoms with E-state index in [0.717, 1.165) is 31.2 Å². The lowest BCUT2D eigenvalue weighted by molar-refractivity contribution is -0.197. The van der Waals surface area contributed by atoms with Crippen molar-refractivity contribution in [3.63, 3.8) is 0 Å². The monoisotopic (exact) mass is 356 g/mol. The molecule has 0 aliphatic carbocycles. The maximum Gasteiger partial charge on any atom is 0.335 e. The van der Waals surface area contributed by atoms with Crippen molar-refractivity contribution in [2.45, 2.75) is 16.8 Å². The molecule has 1 rings (SSSR count). The van der Waals surface area contributed by atoms with E-state index in [4.69, 9.17) is 16.7 Å². The van der Waals surface area contributed by atoms with E-state index in [1.165, 1.54) is 0 Å². The van der Waals surface area contributed by atoms with Crippen LogP contribution in [0.5, 0.6) is 0 Å². The van der Waals surface area contributed by atoms with Gasteiger partial charge < -0.3 is 9.84 Å². The third-order valence-corrected chi connectivity index (χ3v) is 2.91. The molecule has 0 bridgehead atoms. The average Bonchev–Trinajstić information content (AvgIpc) is 2.26. The van der Waals surface area contributed by atoms with E-state index in [2.05, 4.69) is 20.7 Å². The van der Waals surface area contributed by atoms with Crippen molar-refractivity contribution in [2.24, 2.45) is 0 Å². The first kappa shape index (κ1) is 15.8. The van der Waals surface area contributed by atoms with E-state index >= 15 is 0 Å². The summed E-state index contributed by atoms with van der Waals surface area (Å²) in [5.74, 6) is -5.62. The second kappa shape index (κ2) is 5.42. The Morgan fingerprint density at radius 2 is 1.79 bits per heavy atom. The fraction of sp³-hybridized carbons (Fsp3) is 0.273. The fourth-order valence-corrected chi connectivity index (χ4v) is 1.76. The first-order valence-electron chi connectivity index (χ1n) is 4.87. The number of ether oxygens (including phenoxy) is 1. The summed E-state index contributed by atoms with van der Waals surface area (Å²) < 4.78 is 29.2. The molecule has 0 radical (unpaired) electrons. The Kier molecular flexibility index (Phi) is 4.52. The molecule has 8 heteroatoms. The van der Waals surface area contributed by atoms with Crippen molar-refractivity contribution < 1.29 is 28.2 Å². The third-order valence-electron chi connectivity index (χ3n) is 2.15. The lowest BCUT2D eigenvalue weighted by Crippen LogP contribution is -2.40. The van der Waals surface area contributed by atoms with Crippen LogP contribution >= 0.6 is 27.5 Å². The number of aromatic carboxylic acids is 1. The van der Waals surface area contributed by atoms with Gasteiger partial charge in [-0.05, 0) is 28.1 Å². The summed E-state index contributed by atoms with van der Waals surface area (Å²) >= 11 is 7.45. The summed E-state index contributed by atoms with van der Waals surface area (Å²) in [6, 6.07) is 3.99. The zero-order chi connectivity index (χ0) is 14.8. The molecule has 1 aromatic carbocycles. The molecule has 0 unspecified atom stereocenters. The van der Waals surface area contributed by atoms with E-state index < -0.39 is 27.4 Å². The SMILES string of the molecule is CC(=O)O[C@@](F)(c1ccc(C(=O)O)cc1)[C@@](F)(Cl)Br. The normalized spacial score (nSPS) is 17.1. The van der Waals surface area contributed by atoms with Gasteiger partial charge in [0.1, 0.15) is 0 Å². The highest BCUT2D eigenvalue weighted by Crippen LogP contribution is 2.48. The Labute approximate surface area is 120 Å². The Hall–Kier alpha value is -1.21. The number of carbonyl (C=O) groups is 2. The maximum absolute atomic E-state index is 14.5. The lowest BCUT2D eigenvalue weighted by atomic mass is 10.1. The molecular formula is C11H8BrClF2O4. The van der Waals surface area contributed by atoms with Crippen molar-refractivity contribution in [3.05, 3.63) is 35.4 Å². The molecule has 0 amide bonds. The van der Waals surface area contributed by atoms with Crippen LogP contribution < -0.4 is 0 Å². The van der Waals surface area contributed by atoms with E-state index in [-0.39, 0.29) is 5.56 Å². The van der Waals surface area contributed by atoms with Crippen LogP contribution in [0, 0.1) is 0 Å². The Balaban J connectivity index is 3.26. The van der Waals surface area contributed by atoms with Crippen molar-refractivity contribution in [1.82, 2.24) is 0 Å². The van der Waals surface area contributed by atoms with Gasteiger partial charge >= 0.3 is 21.8 Å². The zero-order valence-corrected chi connectivity index (χ0v) is 11.8. The van der Waals surface area contributed by atoms with Gasteiger partial charge in [-0.1, -0.05) is 23.7 Å². The molecule has 4 nitrogen and oxygen atoms in total. The molecular weight excluding hydrogens is 349 g/mol. The van der Waals surface area contributed by atoms with Crippen LogP contribution in [-0.4, -0.2) is 21.1 Å². The largest absolute Gasteiger partial charge is 0.478 e. The van der Waals surface area contributed by atoms with Crippen molar-refractivity contribution in [1.29, 1.82) is 0 Å². The Bertz CT molecular complexity index is 500. The molecule has 1 aromatic rings. The summed E-state index contributed by atoms with van der Waals surface area (Å²) in [7, 11) is 0. The fourth-order valence-electron chi connectivity index (χ4n) is 1.31. The number of benzene rings is 1. The van der Waals surface area contributed by atoms with E-state index in [9.17, 15) is 18.4 Å². The Morgan fingerprint density at radius 1 is 1.32 bits per heavy atom. The van der Waals surface area contributed by atoms with Crippen LogP contribution in [0.4, 0.5) is 8.78 Å². The first-order valence-corrected chi connectivity index (χ1v) is 6.04. The van der Waals surface area contributed by atoms with Gasteiger partial charge in [0.2, 0.25) is 0 Å². The zero-order valence-electron chi connectivity index (χ0n) is 9.49. The van der Waals surface area contributed by atoms with Crippen LogP contribution in [0.25, 0.3) is 0 Å². The molecule has 0 fully saturated rings. The minimum absolute atomic E-state index is 0.137. The molecule has 0 saturated heterocycles. The average molecular weight is 358 g/mol. The standard InChI is InChI=1S/C11H8BrClF2O4/c1-6(16)19-10(14,11(12,13)15)8-4-2-7(3-5-8)9(17)18/h2-5H,1H3,(H,17,18)/t10-,11-/m0/s1. The molecule has 104 valence electrons. The number of halogens is 4. The van der Waals surface area contributed by atoms with Crippen LogP contribution in [0.1, 0.15) is 22.8 Å². The smallest absolute Gasteiger partial charge is 0.335 e. The van der Waals surface area contributed by atoms with Gasteiger partial charge in [0, 0.05) is 12.5 Å². The van der Waals surface area contributed by atoms with Gasteiger partial charge in [0.25, 0.3) is 0 Å². The summed E-state index contributed by atoms with van der Waals surface area (Å²) in [5.41, 5.74) is -0.579. The van der Waals surface area contributed by atoms with Crippen molar-refractivity contribution >= 4 is 39.5 Å². The summed E-state index contributed by atoms with van der Waals surface area (Å²) in [4.78, 5) is 21.5. The molecule has 1 N–H and O–H groups in total. The van der Waals surface area contributed by atoms with Gasteiger partial charge in [-0.3, -0.25) is 4.79 Å². The molecule has 0 saturated carbocycles. The van der Waals surface area contributed by atoms with Gasteiger partial charge in [0.05, 0.1) is 5.56 Å². The summed E-state index contributed by atoms with van der Waals surface area (Å²) in [5, 5.41) is 8.70. The van der Waals surface area contributed by atoms with Crippen LogP contribution in [0.3, 0.4) is 0 Å². The maximum atomic E-state index is 14.5. The van der Waals surface area contributed by atoms with Gasteiger partial charge in [0.15, 0.2) is 0 Å². The van der Waals surface area contributed by atoms with E-state index in [0.29, 0.717) is 0 Å². The highest BCUT2D eigenvalue weighted by Gasteiger charge is 2.56. The van der Waals surface area contributed by atoms with Crippen molar-refractivity contribution in [3.8, 4) is 0 Å². The predicted octanol–water partition coefficient (Wildman–Crippen LogP) is 3.33. The molecule has 0 aliphatic heterocycles. The number of carbonyl (C=O) groups excluding carboxylic acids is 1.